The van der Waals surface area contributed by atoms with Crippen LogP contribution >= 0.6 is 15.9 Å². The van der Waals surface area contributed by atoms with E-state index >= 15 is 0 Å². The van der Waals surface area contributed by atoms with E-state index in [9.17, 15) is 9.59 Å². The van der Waals surface area contributed by atoms with E-state index < -0.39 is 6.04 Å². The summed E-state index contributed by atoms with van der Waals surface area (Å²) >= 11 is 3.33. The van der Waals surface area contributed by atoms with Gasteiger partial charge in [0.15, 0.2) is 0 Å². The number of carbonyl (C=O) groups excluding carboxylic acids is 2. The number of hydrogen-bond acceptors (Lipinski definition) is 3. The number of alkyl halides is 1. The van der Waals surface area contributed by atoms with Gasteiger partial charge >= 0.3 is 0 Å². The standard InChI is InChI=1S/C11H19BrN2O3/c1-8(10(15)13-5-7-17-2)14-6-3-4-9(12)11(14)16/h8-9H,3-7H2,1-2H3,(H,13,15). The molecule has 6 heteroatoms. The third-order valence-electron chi connectivity index (χ3n) is 2.86. The maximum absolute atomic E-state index is 11.9. The van der Waals surface area contributed by atoms with Gasteiger partial charge in [-0.2, -0.15) is 0 Å². The van der Waals surface area contributed by atoms with Crippen LogP contribution in [0, 0.1) is 0 Å². The van der Waals surface area contributed by atoms with Crippen LogP contribution in [0.1, 0.15) is 19.8 Å². The molecule has 2 atom stereocenters. The predicted octanol–water partition coefficient (Wildman–Crippen LogP) is 0.523. The molecule has 0 aromatic rings. The number of hydrogen-bond donors (Lipinski definition) is 1. The molecule has 0 bridgehead atoms. The van der Waals surface area contributed by atoms with Crippen molar-refractivity contribution in [1.82, 2.24) is 10.2 Å². The van der Waals surface area contributed by atoms with E-state index in [0.717, 1.165) is 12.8 Å². The SMILES string of the molecule is COCCNC(=O)C(C)N1CCCC(Br)C1=O. The molecule has 0 saturated carbocycles. The second kappa shape index (κ2) is 6.96. The van der Waals surface area contributed by atoms with Crippen LogP contribution in [0.4, 0.5) is 0 Å². The Morgan fingerprint density at radius 3 is 3.06 bits per heavy atom. The van der Waals surface area contributed by atoms with Crippen molar-refractivity contribution in [1.29, 1.82) is 0 Å². The van der Waals surface area contributed by atoms with E-state index in [1.165, 1.54) is 0 Å². The minimum absolute atomic E-state index is 0.00522. The fraction of sp³-hybridized carbons (Fsp3) is 0.818. The highest BCUT2D eigenvalue weighted by Gasteiger charge is 2.32. The van der Waals surface area contributed by atoms with Crippen LogP contribution in [0.5, 0.6) is 0 Å². The molecule has 98 valence electrons. The first-order chi connectivity index (χ1) is 8.07. The number of ether oxygens (including phenoxy) is 1. The molecule has 1 heterocycles. The van der Waals surface area contributed by atoms with Gasteiger partial charge in [-0.05, 0) is 19.8 Å². The summed E-state index contributed by atoms with van der Waals surface area (Å²) in [7, 11) is 1.58. The van der Waals surface area contributed by atoms with E-state index in [-0.39, 0.29) is 16.6 Å². The van der Waals surface area contributed by atoms with Gasteiger partial charge < -0.3 is 15.0 Å². The minimum Gasteiger partial charge on any atom is -0.383 e. The van der Waals surface area contributed by atoms with Crippen molar-refractivity contribution < 1.29 is 14.3 Å². The van der Waals surface area contributed by atoms with E-state index in [2.05, 4.69) is 21.2 Å². The van der Waals surface area contributed by atoms with Crippen LogP contribution in [0.25, 0.3) is 0 Å². The monoisotopic (exact) mass is 306 g/mol. The maximum atomic E-state index is 11.9. The van der Waals surface area contributed by atoms with Gasteiger partial charge in [-0.15, -0.1) is 0 Å². The lowest BCUT2D eigenvalue weighted by Crippen LogP contribution is -2.52. The summed E-state index contributed by atoms with van der Waals surface area (Å²) in [6.45, 7) is 3.36. The molecule has 0 radical (unpaired) electrons. The van der Waals surface area contributed by atoms with Crippen molar-refractivity contribution >= 4 is 27.7 Å². The first kappa shape index (κ1) is 14.4. The summed E-state index contributed by atoms with van der Waals surface area (Å²) in [6, 6.07) is -0.417. The second-order valence-electron chi connectivity index (χ2n) is 4.10. The molecular weight excluding hydrogens is 288 g/mol. The lowest BCUT2D eigenvalue weighted by atomic mass is 10.1. The minimum atomic E-state index is -0.417. The van der Waals surface area contributed by atoms with Gasteiger partial charge in [-0.1, -0.05) is 15.9 Å². The molecule has 2 unspecified atom stereocenters. The Labute approximate surface area is 110 Å². The number of halogens is 1. The van der Waals surface area contributed by atoms with Crippen molar-refractivity contribution in [2.45, 2.75) is 30.6 Å². The molecule has 17 heavy (non-hydrogen) atoms. The van der Waals surface area contributed by atoms with Crippen molar-refractivity contribution in [2.24, 2.45) is 0 Å². The Morgan fingerprint density at radius 2 is 2.41 bits per heavy atom. The molecule has 0 aromatic carbocycles. The van der Waals surface area contributed by atoms with E-state index in [4.69, 9.17) is 4.74 Å². The molecule has 2 amide bonds. The smallest absolute Gasteiger partial charge is 0.242 e. The Hall–Kier alpha value is -0.620. The van der Waals surface area contributed by atoms with E-state index in [1.54, 1.807) is 18.9 Å². The van der Waals surface area contributed by atoms with Crippen molar-refractivity contribution in [3.63, 3.8) is 0 Å². The lowest BCUT2D eigenvalue weighted by molar-refractivity contribution is -0.141. The third kappa shape index (κ3) is 3.96. The molecule has 1 N–H and O–H groups in total. The normalized spacial score (nSPS) is 22.4. The zero-order chi connectivity index (χ0) is 12.8. The first-order valence-electron chi connectivity index (χ1n) is 5.79. The van der Waals surface area contributed by atoms with Crippen LogP contribution in [-0.4, -0.2) is 54.4 Å². The summed E-state index contributed by atoms with van der Waals surface area (Å²) in [5.74, 6) is -0.123. The summed E-state index contributed by atoms with van der Waals surface area (Å²) in [5, 5.41) is 2.74. The number of nitrogens with one attached hydrogen (secondary N) is 1. The predicted molar refractivity (Wildman–Crippen MR) is 68.0 cm³/mol. The van der Waals surface area contributed by atoms with Crippen molar-refractivity contribution in [3.8, 4) is 0 Å². The van der Waals surface area contributed by atoms with Crippen LogP contribution < -0.4 is 5.32 Å². The van der Waals surface area contributed by atoms with Crippen molar-refractivity contribution in [3.05, 3.63) is 0 Å². The largest absolute Gasteiger partial charge is 0.383 e. The fourth-order valence-electron chi connectivity index (χ4n) is 1.80. The third-order valence-corrected chi connectivity index (χ3v) is 3.71. The Bertz CT molecular complexity index is 286. The molecule has 1 rings (SSSR count). The average Bonchev–Trinajstić information content (AvgIpc) is 2.32. The second-order valence-corrected chi connectivity index (χ2v) is 5.21. The number of carbonyl (C=O) groups is 2. The maximum Gasteiger partial charge on any atom is 0.242 e. The highest BCUT2D eigenvalue weighted by atomic mass is 79.9. The molecule has 1 fully saturated rings. The van der Waals surface area contributed by atoms with Crippen molar-refractivity contribution in [2.75, 3.05) is 26.8 Å². The summed E-state index contributed by atoms with van der Waals surface area (Å²) in [4.78, 5) is 25.2. The van der Waals surface area contributed by atoms with Crippen LogP contribution in [0.15, 0.2) is 0 Å². The number of nitrogens with zero attached hydrogens (tertiary/aromatic N) is 1. The highest BCUT2D eigenvalue weighted by molar-refractivity contribution is 9.10. The summed E-state index contributed by atoms with van der Waals surface area (Å²) < 4.78 is 4.85. The van der Waals surface area contributed by atoms with Gasteiger partial charge in [0.25, 0.3) is 0 Å². The molecule has 0 aromatic heterocycles. The number of amides is 2. The van der Waals surface area contributed by atoms with Gasteiger partial charge in [-0.3, -0.25) is 9.59 Å². The quantitative estimate of drug-likeness (QED) is 0.595. The van der Waals surface area contributed by atoms with Crippen LogP contribution in [-0.2, 0) is 14.3 Å². The Kier molecular flexibility index (Phi) is 5.91. The molecule has 5 nitrogen and oxygen atoms in total. The number of methoxy groups -OCH3 is 1. The van der Waals surface area contributed by atoms with Crippen LogP contribution in [0.3, 0.4) is 0 Å². The molecular formula is C11H19BrN2O3. The van der Waals surface area contributed by atoms with Crippen LogP contribution in [0.2, 0.25) is 0 Å². The number of rotatable bonds is 5. The summed E-state index contributed by atoms with van der Waals surface area (Å²) in [6.07, 6.45) is 1.77. The topological polar surface area (TPSA) is 58.6 Å². The fourth-order valence-corrected chi connectivity index (χ4v) is 2.39. The molecule has 1 saturated heterocycles. The summed E-state index contributed by atoms with van der Waals surface area (Å²) in [5.41, 5.74) is 0. The lowest BCUT2D eigenvalue weighted by Gasteiger charge is -2.33. The molecule has 1 aliphatic rings. The zero-order valence-corrected chi connectivity index (χ0v) is 11.8. The number of likely N-dealkylation sites (tertiary alicyclic amines) is 1. The molecule has 1 aliphatic heterocycles. The Balaban J connectivity index is 2.47. The zero-order valence-electron chi connectivity index (χ0n) is 10.2. The van der Waals surface area contributed by atoms with Gasteiger partial charge in [0.05, 0.1) is 11.4 Å². The van der Waals surface area contributed by atoms with Gasteiger partial charge in [0.1, 0.15) is 6.04 Å². The highest BCUT2D eigenvalue weighted by Crippen LogP contribution is 2.20. The van der Waals surface area contributed by atoms with Gasteiger partial charge in [0.2, 0.25) is 11.8 Å². The van der Waals surface area contributed by atoms with E-state index in [0.29, 0.717) is 19.7 Å². The van der Waals surface area contributed by atoms with Gasteiger partial charge in [0, 0.05) is 20.2 Å². The van der Waals surface area contributed by atoms with Gasteiger partial charge in [-0.25, -0.2) is 0 Å². The molecule has 0 aliphatic carbocycles. The first-order valence-corrected chi connectivity index (χ1v) is 6.70. The Morgan fingerprint density at radius 1 is 1.71 bits per heavy atom. The average molecular weight is 307 g/mol. The number of piperidine rings is 1. The van der Waals surface area contributed by atoms with E-state index in [1.807, 2.05) is 0 Å². The molecule has 0 spiro atoms.